The van der Waals surface area contributed by atoms with Gasteiger partial charge in [0.05, 0.1) is 24.8 Å². The van der Waals surface area contributed by atoms with Crippen LogP contribution in [0.15, 0.2) is 20.9 Å². The van der Waals surface area contributed by atoms with Gasteiger partial charge in [0, 0.05) is 40.7 Å². The Balaban J connectivity index is 1.85. The average molecular weight is 334 g/mol. The lowest BCUT2D eigenvalue weighted by molar-refractivity contribution is 0.132. The topological polar surface area (TPSA) is 97.6 Å². The van der Waals surface area contributed by atoms with Gasteiger partial charge in [-0.2, -0.15) is 0 Å². The number of nitrogens with zero attached hydrogens (tertiary/aromatic N) is 6. The molecular formula is C15H22N6O3. The number of fused-ring (bicyclic) bond motifs is 1. The number of hydrogen-bond acceptors (Lipinski definition) is 6. The summed E-state index contributed by atoms with van der Waals surface area (Å²) in [5.74, 6) is 1.00. The second-order valence-corrected chi connectivity index (χ2v) is 6.21. The fraction of sp³-hybridized carbons (Fsp3) is 0.600. The Morgan fingerprint density at radius 1 is 1.33 bits per heavy atom. The fourth-order valence-corrected chi connectivity index (χ4v) is 3.08. The normalized spacial score (nSPS) is 15.8. The number of likely N-dealkylation sites (N-methyl/N-ethyl adjacent to an activating group) is 1. The van der Waals surface area contributed by atoms with Gasteiger partial charge >= 0.3 is 5.69 Å². The first-order valence-corrected chi connectivity index (χ1v) is 7.93. The van der Waals surface area contributed by atoms with Crippen LogP contribution in [0.3, 0.4) is 0 Å². The third-order valence-corrected chi connectivity index (χ3v) is 4.40. The smallest absolute Gasteiger partial charge is 0.332 e. The van der Waals surface area contributed by atoms with Crippen molar-refractivity contribution in [2.24, 2.45) is 19.1 Å². The van der Waals surface area contributed by atoms with Crippen molar-refractivity contribution in [3.8, 4) is 0 Å². The van der Waals surface area contributed by atoms with Gasteiger partial charge in [0.2, 0.25) is 0 Å². The first-order valence-electron chi connectivity index (χ1n) is 7.93. The van der Waals surface area contributed by atoms with Crippen LogP contribution in [0.2, 0.25) is 0 Å². The molecule has 0 saturated heterocycles. The highest BCUT2D eigenvalue weighted by Crippen LogP contribution is 2.10. The highest BCUT2D eigenvalue weighted by atomic mass is 16.3. The monoisotopic (exact) mass is 334 g/mol. The molecule has 0 saturated carbocycles. The number of aliphatic hydroxyl groups is 1. The zero-order valence-corrected chi connectivity index (χ0v) is 14.1. The number of hydrogen-bond donors (Lipinski definition) is 1. The standard InChI is InChI=1S/C15H22N6O3/c1-18(11-5-4-6-16-11)7-10(22)8-21-9-17-13-12(21)14(23)20(3)15(24)19(13)2/h9-10,22H,4-8H2,1-3H3. The molecule has 1 N–H and O–H groups in total. The van der Waals surface area contributed by atoms with Gasteiger partial charge in [-0.15, -0.1) is 0 Å². The van der Waals surface area contributed by atoms with Gasteiger partial charge in [0.15, 0.2) is 11.2 Å². The fourth-order valence-electron chi connectivity index (χ4n) is 3.08. The molecule has 3 rings (SSSR count). The van der Waals surface area contributed by atoms with E-state index in [1.54, 1.807) is 11.6 Å². The molecule has 1 aliphatic heterocycles. The number of aryl methyl sites for hydroxylation is 1. The Bertz CT molecular complexity index is 906. The van der Waals surface area contributed by atoms with Crippen LogP contribution in [0.25, 0.3) is 11.2 Å². The van der Waals surface area contributed by atoms with Crippen LogP contribution in [0.1, 0.15) is 12.8 Å². The molecule has 1 unspecified atom stereocenters. The predicted octanol–water partition coefficient (Wildman–Crippen LogP) is -1.08. The maximum Gasteiger partial charge on any atom is 0.332 e. The summed E-state index contributed by atoms with van der Waals surface area (Å²) < 4.78 is 3.98. The summed E-state index contributed by atoms with van der Waals surface area (Å²) in [6.07, 6.45) is 2.78. The lowest BCUT2D eigenvalue weighted by Gasteiger charge is -2.22. The van der Waals surface area contributed by atoms with E-state index in [2.05, 4.69) is 9.98 Å². The van der Waals surface area contributed by atoms with Gasteiger partial charge in [0.1, 0.15) is 0 Å². The molecule has 9 heteroatoms. The molecule has 130 valence electrons. The van der Waals surface area contributed by atoms with Crippen LogP contribution in [0.4, 0.5) is 0 Å². The quantitative estimate of drug-likeness (QED) is 0.767. The summed E-state index contributed by atoms with van der Waals surface area (Å²) in [7, 11) is 4.91. The number of aromatic nitrogens is 4. The molecule has 1 atom stereocenters. The van der Waals surface area contributed by atoms with Gasteiger partial charge in [-0.3, -0.25) is 18.9 Å². The Kier molecular flexibility index (Phi) is 4.27. The summed E-state index contributed by atoms with van der Waals surface area (Å²) in [6, 6.07) is 0. The van der Waals surface area contributed by atoms with E-state index < -0.39 is 17.4 Å². The minimum Gasteiger partial charge on any atom is -0.389 e. The van der Waals surface area contributed by atoms with E-state index in [0.29, 0.717) is 17.7 Å². The van der Waals surface area contributed by atoms with E-state index in [4.69, 9.17) is 0 Å². The van der Waals surface area contributed by atoms with E-state index in [9.17, 15) is 14.7 Å². The van der Waals surface area contributed by atoms with E-state index in [1.165, 1.54) is 17.9 Å². The summed E-state index contributed by atoms with van der Waals surface area (Å²) in [4.78, 5) is 34.8. The van der Waals surface area contributed by atoms with Crippen molar-refractivity contribution in [3.05, 3.63) is 27.2 Å². The Morgan fingerprint density at radius 3 is 2.75 bits per heavy atom. The summed E-state index contributed by atoms with van der Waals surface area (Å²) >= 11 is 0. The molecule has 24 heavy (non-hydrogen) atoms. The molecular weight excluding hydrogens is 312 g/mol. The first kappa shape index (κ1) is 16.4. The van der Waals surface area contributed by atoms with E-state index in [-0.39, 0.29) is 6.54 Å². The minimum atomic E-state index is -0.683. The largest absolute Gasteiger partial charge is 0.389 e. The number of imidazole rings is 1. The van der Waals surface area contributed by atoms with Crippen LogP contribution in [0.5, 0.6) is 0 Å². The molecule has 0 radical (unpaired) electrons. The van der Waals surface area contributed by atoms with Crippen molar-refractivity contribution in [1.82, 2.24) is 23.6 Å². The van der Waals surface area contributed by atoms with Crippen LogP contribution >= 0.6 is 0 Å². The lowest BCUT2D eigenvalue weighted by Crippen LogP contribution is -2.38. The van der Waals surface area contributed by atoms with Crippen molar-refractivity contribution in [2.45, 2.75) is 25.5 Å². The third kappa shape index (κ3) is 2.75. The van der Waals surface area contributed by atoms with Crippen molar-refractivity contribution in [1.29, 1.82) is 0 Å². The highest BCUT2D eigenvalue weighted by molar-refractivity contribution is 5.83. The average Bonchev–Trinajstić information content (AvgIpc) is 3.20. The molecule has 9 nitrogen and oxygen atoms in total. The number of aliphatic imine (C=N–C) groups is 1. The van der Waals surface area contributed by atoms with Crippen LogP contribution < -0.4 is 11.2 Å². The molecule has 0 bridgehead atoms. The molecule has 2 aromatic rings. The van der Waals surface area contributed by atoms with Crippen molar-refractivity contribution >= 4 is 17.0 Å². The Hall–Kier alpha value is -2.42. The van der Waals surface area contributed by atoms with Gasteiger partial charge in [0.25, 0.3) is 5.56 Å². The number of aliphatic hydroxyl groups excluding tert-OH is 1. The SMILES string of the molecule is CN(CC(O)Cn1cnc2c1c(=O)n(C)c(=O)n2C)C1=NCCC1. The zero-order valence-electron chi connectivity index (χ0n) is 14.1. The summed E-state index contributed by atoms with van der Waals surface area (Å²) in [5, 5.41) is 10.4. The van der Waals surface area contributed by atoms with Crippen LogP contribution in [0, 0.1) is 0 Å². The second kappa shape index (κ2) is 6.23. The molecule has 0 spiro atoms. The van der Waals surface area contributed by atoms with Crippen LogP contribution in [-0.4, -0.2) is 60.8 Å². The van der Waals surface area contributed by atoms with E-state index >= 15 is 0 Å². The lowest BCUT2D eigenvalue weighted by atomic mass is 10.3. The van der Waals surface area contributed by atoms with Gasteiger partial charge in [-0.05, 0) is 6.42 Å². The molecule has 1 aliphatic rings. The molecule has 0 amide bonds. The minimum absolute atomic E-state index is 0.224. The Morgan fingerprint density at radius 2 is 2.08 bits per heavy atom. The number of amidine groups is 1. The molecule has 0 aromatic carbocycles. The predicted molar refractivity (Wildman–Crippen MR) is 90.4 cm³/mol. The zero-order chi connectivity index (χ0) is 17.4. The second-order valence-electron chi connectivity index (χ2n) is 6.21. The van der Waals surface area contributed by atoms with Crippen LogP contribution in [-0.2, 0) is 20.6 Å². The molecule has 0 aliphatic carbocycles. The molecule has 2 aromatic heterocycles. The number of rotatable bonds is 4. The maximum atomic E-state index is 12.4. The van der Waals surface area contributed by atoms with Gasteiger partial charge in [-0.1, -0.05) is 0 Å². The van der Waals surface area contributed by atoms with Gasteiger partial charge in [-0.25, -0.2) is 9.78 Å². The first-order chi connectivity index (χ1) is 11.4. The molecule has 3 heterocycles. The third-order valence-electron chi connectivity index (χ3n) is 4.40. The van der Waals surface area contributed by atoms with Gasteiger partial charge < -0.3 is 14.6 Å². The summed E-state index contributed by atoms with van der Waals surface area (Å²) in [6.45, 7) is 1.48. The van der Waals surface area contributed by atoms with E-state index in [0.717, 1.165) is 29.8 Å². The molecule has 0 fully saturated rings. The van der Waals surface area contributed by atoms with Crippen molar-refractivity contribution < 1.29 is 5.11 Å². The van der Waals surface area contributed by atoms with Crippen molar-refractivity contribution in [3.63, 3.8) is 0 Å². The maximum absolute atomic E-state index is 12.4. The Labute approximate surface area is 138 Å². The highest BCUT2D eigenvalue weighted by Gasteiger charge is 2.18. The van der Waals surface area contributed by atoms with E-state index in [1.807, 2.05) is 11.9 Å². The van der Waals surface area contributed by atoms with Crippen molar-refractivity contribution in [2.75, 3.05) is 20.1 Å². The summed E-state index contributed by atoms with van der Waals surface area (Å²) in [5.41, 5.74) is -0.188.